The third kappa shape index (κ3) is 3.04. The van der Waals surface area contributed by atoms with Gasteiger partial charge in [0.25, 0.3) is 5.91 Å². The summed E-state index contributed by atoms with van der Waals surface area (Å²) in [5.41, 5.74) is 2.13. The number of hydrogen-bond acceptors (Lipinski definition) is 5. The fourth-order valence-corrected chi connectivity index (χ4v) is 4.03. The van der Waals surface area contributed by atoms with Crippen LogP contribution in [0, 0.1) is 0 Å². The quantitative estimate of drug-likeness (QED) is 0.751. The number of hydrogen-bond donors (Lipinski definition) is 3. The molecule has 1 aliphatic heterocycles. The summed E-state index contributed by atoms with van der Waals surface area (Å²) in [5, 5.41) is 26.2. The van der Waals surface area contributed by atoms with Crippen LogP contribution in [-0.2, 0) is 6.42 Å². The van der Waals surface area contributed by atoms with Gasteiger partial charge in [-0.1, -0.05) is 19.8 Å². The number of aliphatic imine (C=N–C) groups is 1. The van der Waals surface area contributed by atoms with Crippen molar-refractivity contribution in [2.24, 2.45) is 4.99 Å². The summed E-state index contributed by atoms with van der Waals surface area (Å²) < 4.78 is 0. The van der Waals surface area contributed by atoms with Gasteiger partial charge in [-0.05, 0) is 43.0 Å². The molecule has 1 aliphatic carbocycles. The minimum Gasteiger partial charge on any atom is -0.507 e. The maximum absolute atomic E-state index is 13.3. The number of carbonyl (C=O) groups excluding carboxylic acids is 1. The number of benzene rings is 1. The summed E-state index contributed by atoms with van der Waals surface area (Å²) in [6.07, 6.45) is 4.68. The summed E-state index contributed by atoms with van der Waals surface area (Å²) in [6, 6.07) is 4.51. The Morgan fingerprint density at radius 1 is 1.32 bits per heavy atom. The average molecular weight is 382 g/mol. The van der Waals surface area contributed by atoms with Crippen LogP contribution in [0.15, 0.2) is 23.2 Å². The van der Waals surface area contributed by atoms with Crippen molar-refractivity contribution in [1.29, 1.82) is 0 Å². The largest absolute Gasteiger partial charge is 0.507 e. The second kappa shape index (κ2) is 7.10. The zero-order valence-corrected chi connectivity index (χ0v) is 15.6. The molecule has 3 N–H and O–H groups in total. The van der Waals surface area contributed by atoms with E-state index in [0.29, 0.717) is 41.3 Å². The van der Waals surface area contributed by atoms with Crippen LogP contribution in [0.25, 0.3) is 0 Å². The van der Waals surface area contributed by atoms with E-state index in [4.69, 9.17) is 0 Å². The number of H-pyrrole nitrogens is 1. The normalized spacial score (nSPS) is 17.4. The lowest BCUT2D eigenvalue weighted by molar-refractivity contribution is 0.0689. The number of aryl methyl sites for hydroxylation is 1. The molecule has 8 heteroatoms. The molecule has 0 spiro atoms. The molecule has 2 aliphatic rings. The topological polar surface area (TPSA) is 119 Å². The molecule has 146 valence electrons. The van der Waals surface area contributed by atoms with Crippen molar-refractivity contribution in [2.45, 2.75) is 45.1 Å². The highest BCUT2D eigenvalue weighted by atomic mass is 16.4. The van der Waals surface area contributed by atoms with Crippen molar-refractivity contribution in [3.05, 3.63) is 40.6 Å². The van der Waals surface area contributed by atoms with Crippen LogP contribution in [0.2, 0.25) is 0 Å². The highest BCUT2D eigenvalue weighted by molar-refractivity contribution is 6.11. The number of rotatable bonds is 4. The predicted octanol–water partition coefficient (Wildman–Crippen LogP) is 2.90. The molecule has 1 fully saturated rings. The molecule has 1 amide bonds. The van der Waals surface area contributed by atoms with Crippen LogP contribution in [0.5, 0.6) is 5.75 Å². The van der Waals surface area contributed by atoms with Gasteiger partial charge in [0, 0.05) is 6.04 Å². The van der Waals surface area contributed by atoms with E-state index in [1.807, 2.05) is 11.8 Å². The molecule has 0 bridgehead atoms. The molecule has 4 rings (SSSR count). The third-order valence-electron chi connectivity index (χ3n) is 5.52. The highest BCUT2D eigenvalue weighted by Gasteiger charge is 2.34. The Morgan fingerprint density at radius 2 is 2.07 bits per heavy atom. The molecule has 0 atom stereocenters. The number of carboxylic acids is 1. The van der Waals surface area contributed by atoms with Gasteiger partial charge in [0.15, 0.2) is 5.82 Å². The van der Waals surface area contributed by atoms with Crippen molar-refractivity contribution in [3.63, 3.8) is 0 Å². The van der Waals surface area contributed by atoms with Crippen LogP contribution >= 0.6 is 0 Å². The Morgan fingerprint density at radius 3 is 2.75 bits per heavy atom. The standard InChI is InChI=1S/C20H22N4O4/c1-2-14-17-18(23-22-14)21-15(10-24(19(17)26)12-5-3-4-6-12)11-7-8-16(25)13(9-11)20(27)28/h7-9,12,25H,2-6,10H2,1H3,(H,22,23)(H,27,28). The number of amides is 1. The maximum atomic E-state index is 13.3. The van der Waals surface area contributed by atoms with Crippen LogP contribution in [0.3, 0.4) is 0 Å². The summed E-state index contributed by atoms with van der Waals surface area (Å²) >= 11 is 0. The number of aromatic hydroxyl groups is 1. The number of fused-ring (bicyclic) bond motifs is 1. The second-order valence-electron chi connectivity index (χ2n) is 7.21. The first-order valence-electron chi connectivity index (χ1n) is 9.52. The molecule has 8 nitrogen and oxygen atoms in total. The van der Waals surface area contributed by atoms with Crippen molar-refractivity contribution < 1.29 is 19.8 Å². The Balaban J connectivity index is 1.83. The minimum atomic E-state index is -1.22. The lowest BCUT2D eigenvalue weighted by Crippen LogP contribution is -2.41. The summed E-state index contributed by atoms with van der Waals surface area (Å²) in [4.78, 5) is 31.2. The number of aromatic amines is 1. The van der Waals surface area contributed by atoms with Gasteiger partial charge in [-0.25, -0.2) is 9.79 Å². The van der Waals surface area contributed by atoms with Gasteiger partial charge in [-0.3, -0.25) is 9.89 Å². The Kier molecular flexibility index (Phi) is 4.62. The molecule has 0 radical (unpaired) electrons. The molecule has 2 aromatic rings. The Hall–Kier alpha value is -3.16. The Bertz CT molecular complexity index is 973. The first-order valence-corrected chi connectivity index (χ1v) is 9.52. The highest BCUT2D eigenvalue weighted by Crippen LogP contribution is 2.32. The maximum Gasteiger partial charge on any atom is 0.339 e. The van der Waals surface area contributed by atoms with Gasteiger partial charge >= 0.3 is 5.97 Å². The van der Waals surface area contributed by atoms with Gasteiger partial charge < -0.3 is 15.1 Å². The van der Waals surface area contributed by atoms with E-state index in [2.05, 4.69) is 15.2 Å². The molecule has 0 saturated heterocycles. The molecule has 0 unspecified atom stereocenters. The number of nitrogens with one attached hydrogen (secondary N) is 1. The van der Waals surface area contributed by atoms with E-state index in [1.165, 1.54) is 12.1 Å². The fraction of sp³-hybridized carbons (Fsp3) is 0.400. The zero-order valence-electron chi connectivity index (χ0n) is 15.6. The first kappa shape index (κ1) is 18.2. The van der Waals surface area contributed by atoms with Gasteiger partial charge in [0.2, 0.25) is 0 Å². The average Bonchev–Trinajstić information content (AvgIpc) is 3.32. The molecule has 2 heterocycles. The number of phenols is 1. The van der Waals surface area contributed by atoms with Gasteiger partial charge in [-0.15, -0.1) is 0 Å². The Labute approximate surface area is 161 Å². The summed E-state index contributed by atoms with van der Waals surface area (Å²) in [7, 11) is 0. The number of aromatic nitrogens is 2. The lowest BCUT2D eigenvalue weighted by atomic mass is 10.0. The zero-order chi connectivity index (χ0) is 19.8. The lowest BCUT2D eigenvalue weighted by Gasteiger charge is -2.28. The SMILES string of the molecule is CCc1n[nH]c2c1C(=O)N(C1CCCC1)CC(c1ccc(O)c(C(=O)O)c1)=N2. The number of aromatic carboxylic acids is 1. The van der Waals surface area contributed by atoms with E-state index < -0.39 is 5.97 Å². The third-order valence-corrected chi connectivity index (χ3v) is 5.52. The molecule has 1 aromatic carbocycles. The van der Waals surface area contributed by atoms with Crippen molar-refractivity contribution in [1.82, 2.24) is 15.1 Å². The molecule has 1 aromatic heterocycles. The molecule has 28 heavy (non-hydrogen) atoms. The van der Waals surface area contributed by atoms with Crippen molar-refractivity contribution >= 4 is 23.4 Å². The molecular formula is C20H22N4O4. The van der Waals surface area contributed by atoms with E-state index in [1.54, 1.807) is 6.07 Å². The number of carboxylic acid groups (broad SMARTS) is 1. The molecular weight excluding hydrogens is 360 g/mol. The van der Waals surface area contributed by atoms with E-state index in [0.717, 1.165) is 25.7 Å². The fourth-order valence-electron chi connectivity index (χ4n) is 4.03. The van der Waals surface area contributed by atoms with Crippen molar-refractivity contribution in [2.75, 3.05) is 6.54 Å². The van der Waals surface area contributed by atoms with E-state index in [9.17, 15) is 19.8 Å². The number of carbonyl (C=O) groups is 2. The van der Waals surface area contributed by atoms with Crippen LogP contribution in [0.4, 0.5) is 5.82 Å². The van der Waals surface area contributed by atoms with Crippen LogP contribution in [0.1, 0.15) is 64.6 Å². The van der Waals surface area contributed by atoms with E-state index in [-0.39, 0.29) is 23.3 Å². The van der Waals surface area contributed by atoms with E-state index >= 15 is 0 Å². The van der Waals surface area contributed by atoms with Gasteiger partial charge in [0.05, 0.1) is 18.0 Å². The smallest absolute Gasteiger partial charge is 0.339 e. The summed E-state index contributed by atoms with van der Waals surface area (Å²) in [6.45, 7) is 2.23. The van der Waals surface area contributed by atoms with Gasteiger partial charge in [0.1, 0.15) is 16.9 Å². The van der Waals surface area contributed by atoms with Crippen molar-refractivity contribution in [3.8, 4) is 5.75 Å². The molecule has 1 saturated carbocycles. The number of nitrogens with zero attached hydrogens (tertiary/aromatic N) is 3. The van der Waals surface area contributed by atoms with Crippen LogP contribution < -0.4 is 0 Å². The van der Waals surface area contributed by atoms with Crippen LogP contribution in [-0.4, -0.2) is 55.5 Å². The second-order valence-corrected chi connectivity index (χ2v) is 7.21. The monoisotopic (exact) mass is 382 g/mol. The van der Waals surface area contributed by atoms with Gasteiger partial charge in [-0.2, -0.15) is 5.10 Å². The minimum absolute atomic E-state index is 0.0801. The predicted molar refractivity (Wildman–Crippen MR) is 103 cm³/mol. The summed E-state index contributed by atoms with van der Waals surface area (Å²) in [5.74, 6) is -1.19. The first-order chi connectivity index (χ1) is 13.5.